The molecule has 4 heteroatoms. The van der Waals surface area contributed by atoms with Gasteiger partial charge in [-0.1, -0.05) is 31.2 Å². The summed E-state index contributed by atoms with van der Waals surface area (Å²) in [6, 6.07) is 12.5. The van der Waals surface area contributed by atoms with Gasteiger partial charge in [0.05, 0.1) is 0 Å². The third-order valence-electron chi connectivity index (χ3n) is 4.46. The van der Waals surface area contributed by atoms with Crippen molar-refractivity contribution in [1.29, 1.82) is 0 Å². The lowest BCUT2D eigenvalue weighted by Crippen LogP contribution is -2.48. The minimum atomic E-state index is 0.0932. The molecule has 0 spiro atoms. The molecule has 0 bridgehead atoms. The number of hydrogen-bond donors (Lipinski definition) is 0. The maximum atomic E-state index is 12.4. The first-order valence-electron chi connectivity index (χ1n) is 8.53. The highest BCUT2D eigenvalue weighted by atomic mass is 16.2. The fourth-order valence-corrected chi connectivity index (χ4v) is 2.91. The van der Waals surface area contributed by atoms with Crippen LogP contribution in [0.4, 0.5) is 5.69 Å². The van der Waals surface area contributed by atoms with E-state index in [4.69, 9.17) is 0 Å². The summed E-state index contributed by atoms with van der Waals surface area (Å²) in [4.78, 5) is 19.6. The molecule has 0 saturated carbocycles. The fraction of sp³-hybridized carbons (Fsp3) is 0.300. The maximum absolute atomic E-state index is 12.4. The molecule has 4 nitrogen and oxygen atoms in total. The monoisotopic (exact) mass is 322 g/mol. The predicted octanol–water partition coefficient (Wildman–Crippen LogP) is 2.43. The highest BCUT2D eigenvalue weighted by Gasteiger charge is 2.19. The first-order valence-corrected chi connectivity index (χ1v) is 8.53. The second-order valence-electron chi connectivity index (χ2n) is 6.00. The molecule has 124 valence electrons. The van der Waals surface area contributed by atoms with E-state index in [0.717, 1.165) is 38.2 Å². The summed E-state index contributed by atoms with van der Waals surface area (Å²) in [5.74, 6) is 0.0932. The summed E-state index contributed by atoms with van der Waals surface area (Å²) < 4.78 is 0. The lowest BCUT2D eigenvalue weighted by molar-refractivity contribution is -0.377. The zero-order valence-electron chi connectivity index (χ0n) is 14.1. The molecule has 1 N–H and O–H groups in total. The number of nitrogens with one attached hydrogen (secondary N) is 1. The third kappa shape index (κ3) is 4.02. The van der Waals surface area contributed by atoms with Crippen molar-refractivity contribution in [2.24, 2.45) is 0 Å². The van der Waals surface area contributed by atoms with Gasteiger partial charge < -0.3 is 9.80 Å². The zero-order chi connectivity index (χ0) is 16.8. The van der Waals surface area contributed by atoms with E-state index >= 15 is 0 Å². The smallest absolute Gasteiger partial charge is 0.246 e. The summed E-state index contributed by atoms with van der Waals surface area (Å²) in [5.41, 5.74) is 3.58. The molecular formula is C20H24N3O+. The lowest BCUT2D eigenvalue weighted by atomic mass is 10.1. The first kappa shape index (κ1) is 16.2. The quantitative estimate of drug-likeness (QED) is 0.811. The minimum Gasteiger partial charge on any atom is -0.368 e. The Morgan fingerprint density at radius 1 is 1.04 bits per heavy atom. The van der Waals surface area contributed by atoms with Crippen molar-refractivity contribution in [3.05, 3.63) is 66.0 Å². The zero-order valence-corrected chi connectivity index (χ0v) is 14.1. The van der Waals surface area contributed by atoms with Crippen molar-refractivity contribution < 1.29 is 9.78 Å². The standard InChI is InChI=1S/C20H23N3O/c1-2-17-3-5-18(6-4-17)7-8-20(24)23-15-13-22(14-16-23)19-9-11-21-12-10-19/h3-12H,2,13-16H2,1H3/p+1/b8-7+. The molecule has 0 aliphatic carbocycles. The van der Waals surface area contributed by atoms with Gasteiger partial charge in [0.25, 0.3) is 0 Å². The van der Waals surface area contributed by atoms with E-state index in [1.54, 1.807) is 6.08 Å². The Kier molecular flexibility index (Phi) is 5.26. The third-order valence-corrected chi connectivity index (χ3v) is 4.46. The molecule has 1 aliphatic rings. The molecule has 1 aromatic heterocycles. The van der Waals surface area contributed by atoms with E-state index < -0.39 is 0 Å². The topological polar surface area (TPSA) is 37.7 Å². The SMILES string of the molecule is CCc1ccc(/C=C/C(=O)N2CCN(c3cc[nH+]cc3)CC2)cc1. The van der Waals surface area contributed by atoms with Crippen LogP contribution >= 0.6 is 0 Å². The van der Waals surface area contributed by atoms with E-state index in [1.165, 1.54) is 11.3 Å². The van der Waals surface area contributed by atoms with Crippen LogP contribution in [0.2, 0.25) is 0 Å². The van der Waals surface area contributed by atoms with Gasteiger partial charge in [0.15, 0.2) is 12.4 Å². The number of rotatable bonds is 4. The van der Waals surface area contributed by atoms with Crippen LogP contribution in [0.5, 0.6) is 0 Å². The Labute approximate surface area is 143 Å². The van der Waals surface area contributed by atoms with Crippen LogP contribution in [0.3, 0.4) is 0 Å². The average Bonchev–Trinajstić information content (AvgIpc) is 2.67. The summed E-state index contributed by atoms with van der Waals surface area (Å²) in [6.07, 6.45) is 8.49. The van der Waals surface area contributed by atoms with Gasteiger partial charge in [0, 0.05) is 50.1 Å². The van der Waals surface area contributed by atoms with Gasteiger partial charge in [0.1, 0.15) is 0 Å². The fourth-order valence-electron chi connectivity index (χ4n) is 2.91. The van der Waals surface area contributed by atoms with Crippen molar-refractivity contribution in [2.45, 2.75) is 13.3 Å². The molecule has 2 aromatic rings. The number of amides is 1. The number of hydrogen-bond acceptors (Lipinski definition) is 2. The number of piperazine rings is 1. The molecule has 1 amide bonds. The molecule has 1 fully saturated rings. The molecule has 24 heavy (non-hydrogen) atoms. The highest BCUT2D eigenvalue weighted by Crippen LogP contribution is 2.14. The van der Waals surface area contributed by atoms with Crippen molar-refractivity contribution in [1.82, 2.24) is 4.90 Å². The molecule has 1 aromatic carbocycles. The summed E-state index contributed by atoms with van der Waals surface area (Å²) >= 11 is 0. The van der Waals surface area contributed by atoms with Crippen LogP contribution in [0.1, 0.15) is 18.1 Å². The summed E-state index contributed by atoms with van der Waals surface area (Å²) in [7, 11) is 0. The minimum absolute atomic E-state index is 0.0932. The van der Waals surface area contributed by atoms with Gasteiger partial charge in [-0.3, -0.25) is 4.79 Å². The molecule has 0 radical (unpaired) electrons. The lowest BCUT2D eigenvalue weighted by Gasteiger charge is -2.35. The summed E-state index contributed by atoms with van der Waals surface area (Å²) in [6.45, 7) is 5.40. The van der Waals surface area contributed by atoms with E-state index in [2.05, 4.69) is 53.2 Å². The maximum Gasteiger partial charge on any atom is 0.246 e. The predicted molar refractivity (Wildman–Crippen MR) is 96.6 cm³/mol. The molecule has 1 aliphatic heterocycles. The van der Waals surface area contributed by atoms with Crippen LogP contribution in [-0.2, 0) is 11.2 Å². The number of nitrogens with zero attached hydrogens (tertiary/aromatic N) is 2. The molecule has 3 rings (SSSR count). The molecule has 2 heterocycles. The largest absolute Gasteiger partial charge is 0.368 e. The van der Waals surface area contributed by atoms with Crippen molar-refractivity contribution in [3.8, 4) is 0 Å². The van der Waals surface area contributed by atoms with Crippen LogP contribution in [0, 0.1) is 0 Å². The van der Waals surface area contributed by atoms with Gasteiger partial charge in [-0.05, 0) is 23.6 Å². The van der Waals surface area contributed by atoms with Crippen molar-refractivity contribution in [3.63, 3.8) is 0 Å². The number of H-pyrrole nitrogens is 1. The Morgan fingerprint density at radius 3 is 2.33 bits per heavy atom. The number of aryl methyl sites for hydroxylation is 1. The number of carbonyl (C=O) groups is 1. The number of carbonyl (C=O) groups excluding carboxylic acids is 1. The number of pyridine rings is 1. The van der Waals surface area contributed by atoms with Crippen molar-refractivity contribution >= 4 is 17.7 Å². The number of anilines is 1. The Morgan fingerprint density at radius 2 is 1.71 bits per heavy atom. The molecule has 0 atom stereocenters. The number of benzene rings is 1. The van der Waals surface area contributed by atoms with Gasteiger partial charge >= 0.3 is 0 Å². The van der Waals surface area contributed by atoms with E-state index in [9.17, 15) is 4.79 Å². The van der Waals surface area contributed by atoms with Gasteiger partial charge in [-0.2, -0.15) is 0 Å². The number of aromatic amines is 1. The van der Waals surface area contributed by atoms with E-state index in [-0.39, 0.29) is 5.91 Å². The second-order valence-corrected chi connectivity index (χ2v) is 6.00. The Bertz CT molecular complexity index is 687. The Hall–Kier alpha value is -2.62. The van der Waals surface area contributed by atoms with E-state index in [0.29, 0.717) is 0 Å². The highest BCUT2D eigenvalue weighted by molar-refractivity contribution is 5.92. The molecule has 0 unspecified atom stereocenters. The van der Waals surface area contributed by atoms with Crippen LogP contribution in [0.25, 0.3) is 6.08 Å². The number of aromatic nitrogens is 1. The van der Waals surface area contributed by atoms with Crippen molar-refractivity contribution in [2.75, 3.05) is 31.1 Å². The average molecular weight is 322 g/mol. The van der Waals surface area contributed by atoms with Gasteiger partial charge in [-0.15, -0.1) is 0 Å². The van der Waals surface area contributed by atoms with Gasteiger partial charge in [-0.25, -0.2) is 4.98 Å². The first-order chi connectivity index (χ1) is 11.8. The summed E-state index contributed by atoms with van der Waals surface area (Å²) in [5, 5.41) is 0. The normalized spacial score (nSPS) is 15.0. The molecule has 1 saturated heterocycles. The van der Waals surface area contributed by atoms with Crippen LogP contribution in [0.15, 0.2) is 54.9 Å². The second kappa shape index (κ2) is 7.77. The van der Waals surface area contributed by atoms with Crippen LogP contribution < -0.4 is 9.88 Å². The Balaban J connectivity index is 1.54. The van der Waals surface area contributed by atoms with Crippen LogP contribution in [-0.4, -0.2) is 37.0 Å². The van der Waals surface area contributed by atoms with E-state index in [1.807, 2.05) is 23.4 Å². The van der Waals surface area contributed by atoms with Gasteiger partial charge in [0.2, 0.25) is 5.91 Å². The molecular weight excluding hydrogens is 298 g/mol.